The minimum absolute atomic E-state index is 0. The largest absolute Gasteiger partial charge is 0.0654 e. The van der Waals surface area contributed by atoms with Gasteiger partial charge in [0.1, 0.15) is 0 Å². The monoisotopic (exact) mass is 141 g/mol. The molecule has 0 saturated heterocycles. The van der Waals surface area contributed by atoms with Crippen LogP contribution in [0.4, 0.5) is 0 Å². The molecule has 0 aliphatic rings. The van der Waals surface area contributed by atoms with Gasteiger partial charge in [0.15, 0.2) is 0 Å². The molecule has 0 aromatic heterocycles. The SMILES string of the molecule is CCCCc1ccccc1.[Li]. The Balaban J connectivity index is 0.000001000. The second kappa shape index (κ2) is 6.52. The smallest absolute Gasteiger partial charge is 0 e. The van der Waals surface area contributed by atoms with Crippen LogP contribution in [0, 0.1) is 0 Å². The molecule has 0 nitrogen and oxygen atoms in total. The van der Waals surface area contributed by atoms with Gasteiger partial charge in [-0.3, -0.25) is 0 Å². The Labute approximate surface area is 81.2 Å². The molecular formula is C10H14Li. The van der Waals surface area contributed by atoms with E-state index >= 15 is 0 Å². The number of aryl methyl sites for hydroxylation is 1. The van der Waals surface area contributed by atoms with Crippen LogP contribution in [0.25, 0.3) is 0 Å². The van der Waals surface area contributed by atoms with Crippen LogP contribution in [0.15, 0.2) is 30.3 Å². The molecule has 0 N–H and O–H groups in total. The molecule has 0 aliphatic heterocycles. The Morgan fingerprint density at radius 2 is 1.73 bits per heavy atom. The molecule has 1 heteroatoms. The first kappa shape index (κ1) is 10.8. The number of hydrogen-bond acceptors (Lipinski definition) is 0. The normalized spacial score (nSPS) is 8.82. The summed E-state index contributed by atoms with van der Waals surface area (Å²) in [5.41, 5.74) is 1.46. The van der Waals surface area contributed by atoms with Crippen molar-refractivity contribution in [2.45, 2.75) is 26.2 Å². The van der Waals surface area contributed by atoms with E-state index in [9.17, 15) is 0 Å². The van der Waals surface area contributed by atoms with Crippen molar-refractivity contribution in [2.75, 3.05) is 0 Å². The van der Waals surface area contributed by atoms with E-state index in [0.29, 0.717) is 0 Å². The van der Waals surface area contributed by atoms with Gasteiger partial charge in [-0.25, -0.2) is 0 Å². The van der Waals surface area contributed by atoms with Gasteiger partial charge >= 0.3 is 0 Å². The molecule has 0 fully saturated rings. The van der Waals surface area contributed by atoms with Crippen LogP contribution in [0.2, 0.25) is 0 Å². The third-order valence-corrected chi connectivity index (χ3v) is 1.66. The van der Waals surface area contributed by atoms with Gasteiger partial charge in [0.2, 0.25) is 0 Å². The van der Waals surface area contributed by atoms with Crippen molar-refractivity contribution in [1.82, 2.24) is 0 Å². The minimum Gasteiger partial charge on any atom is -0.0654 e. The average Bonchev–Trinajstić information content (AvgIpc) is 2.03. The van der Waals surface area contributed by atoms with Crippen molar-refractivity contribution in [1.29, 1.82) is 0 Å². The van der Waals surface area contributed by atoms with E-state index < -0.39 is 0 Å². The first-order valence-corrected chi connectivity index (χ1v) is 3.97. The Morgan fingerprint density at radius 1 is 1.09 bits per heavy atom. The molecule has 1 rings (SSSR count). The molecule has 55 valence electrons. The van der Waals surface area contributed by atoms with Crippen LogP contribution in [0.5, 0.6) is 0 Å². The van der Waals surface area contributed by atoms with Crippen LogP contribution >= 0.6 is 0 Å². The number of unbranched alkanes of at least 4 members (excludes halogenated alkanes) is 1. The minimum atomic E-state index is 0. The van der Waals surface area contributed by atoms with E-state index in [2.05, 4.69) is 37.3 Å². The third-order valence-electron chi connectivity index (χ3n) is 1.66. The Hall–Kier alpha value is -0.183. The molecule has 0 spiro atoms. The van der Waals surface area contributed by atoms with Crippen LogP contribution in [0.3, 0.4) is 0 Å². The molecule has 0 bridgehead atoms. The van der Waals surface area contributed by atoms with Gasteiger partial charge in [0.25, 0.3) is 0 Å². The summed E-state index contributed by atoms with van der Waals surface area (Å²) in [5, 5.41) is 0. The Bertz CT molecular complexity index is 169. The molecule has 1 radical (unpaired) electrons. The van der Waals surface area contributed by atoms with Crippen LogP contribution in [-0.4, -0.2) is 18.9 Å². The second-order valence-corrected chi connectivity index (χ2v) is 2.59. The van der Waals surface area contributed by atoms with E-state index in [1.54, 1.807) is 0 Å². The molecule has 0 amide bonds. The zero-order valence-corrected chi connectivity index (χ0v) is 7.51. The van der Waals surface area contributed by atoms with Crippen LogP contribution in [-0.2, 0) is 6.42 Å². The molecule has 0 unspecified atom stereocenters. The summed E-state index contributed by atoms with van der Waals surface area (Å²) >= 11 is 0. The maximum absolute atomic E-state index is 2.23. The topological polar surface area (TPSA) is 0 Å². The van der Waals surface area contributed by atoms with Gasteiger partial charge in [-0.05, 0) is 18.4 Å². The van der Waals surface area contributed by atoms with Crippen molar-refractivity contribution in [3.63, 3.8) is 0 Å². The van der Waals surface area contributed by atoms with Crippen LogP contribution < -0.4 is 0 Å². The van der Waals surface area contributed by atoms with Crippen molar-refractivity contribution in [2.24, 2.45) is 0 Å². The summed E-state index contributed by atoms with van der Waals surface area (Å²) in [6, 6.07) is 10.6. The van der Waals surface area contributed by atoms with Crippen molar-refractivity contribution in [3.05, 3.63) is 35.9 Å². The molecule has 1 aromatic carbocycles. The second-order valence-electron chi connectivity index (χ2n) is 2.59. The quantitative estimate of drug-likeness (QED) is 0.567. The molecule has 1 aromatic rings. The van der Waals surface area contributed by atoms with Crippen LogP contribution in [0.1, 0.15) is 25.3 Å². The third kappa shape index (κ3) is 4.30. The average molecular weight is 141 g/mol. The van der Waals surface area contributed by atoms with Gasteiger partial charge in [-0.1, -0.05) is 43.7 Å². The van der Waals surface area contributed by atoms with Gasteiger partial charge in [0.05, 0.1) is 0 Å². The van der Waals surface area contributed by atoms with E-state index in [1.165, 1.54) is 24.8 Å². The molecule has 11 heavy (non-hydrogen) atoms. The number of benzene rings is 1. The fourth-order valence-corrected chi connectivity index (χ4v) is 1.03. The maximum Gasteiger partial charge on any atom is 0 e. The standard InChI is InChI=1S/C10H14.Li/c1-2-3-7-10-8-5-4-6-9-10;/h4-6,8-9H,2-3,7H2,1H3;. The van der Waals surface area contributed by atoms with Gasteiger partial charge < -0.3 is 0 Å². The fraction of sp³-hybridized carbons (Fsp3) is 0.400. The maximum atomic E-state index is 2.23. The first-order valence-electron chi connectivity index (χ1n) is 3.97. The predicted octanol–water partition coefficient (Wildman–Crippen LogP) is 2.65. The summed E-state index contributed by atoms with van der Waals surface area (Å²) < 4.78 is 0. The zero-order chi connectivity index (χ0) is 7.23. The predicted molar refractivity (Wildman–Crippen MR) is 50.8 cm³/mol. The van der Waals surface area contributed by atoms with E-state index in [4.69, 9.17) is 0 Å². The Morgan fingerprint density at radius 3 is 2.27 bits per heavy atom. The molecule has 0 saturated carbocycles. The summed E-state index contributed by atoms with van der Waals surface area (Å²) in [6.45, 7) is 2.23. The van der Waals surface area contributed by atoms with E-state index in [0.717, 1.165) is 0 Å². The van der Waals surface area contributed by atoms with Gasteiger partial charge in [-0.15, -0.1) is 0 Å². The summed E-state index contributed by atoms with van der Waals surface area (Å²) in [5.74, 6) is 0. The first-order chi connectivity index (χ1) is 4.93. The van der Waals surface area contributed by atoms with Crippen molar-refractivity contribution >= 4 is 18.9 Å². The van der Waals surface area contributed by atoms with E-state index in [-0.39, 0.29) is 18.9 Å². The zero-order valence-electron chi connectivity index (χ0n) is 7.51. The summed E-state index contributed by atoms with van der Waals surface area (Å²) in [7, 11) is 0. The summed E-state index contributed by atoms with van der Waals surface area (Å²) in [4.78, 5) is 0. The van der Waals surface area contributed by atoms with Crippen molar-refractivity contribution < 1.29 is 0 Å². The fourth-order valence-electron chi connectivity index (χ4n) is 1.03. The molecule has 0 heterocycles. The van der Waals surface area contributed by atoms with Gasteiger partial charge in [0, 0.05) is 18.9 Å². The van der Waals surface area contributed by atoms with E-state index in [1.807, 2.05) is 0 Å². The number of hydrogen-bond donors (Lipinski definition) is 0. The molecule has 0 atom stereocenters. The van der Waals surface area contributed by atoms with Crippen molar-refractivity contribution in [3.8, 4) is 0 Å². The molecular weight excluding hydrogens is 127 g/mol. The summed E-state index contributed by atoms with van der Waals surface area (Å²) in [6.07, 6.45) is 3.83. The molecule has 0 aliphatic carbocycles. The Kier molecular flexibility index (Phi) is 6.41. The van der Waals surface area contributed by atoms with Gasteiger partial charge in [-0.2, -0.15) is 0 Å². The number of rotatable bonds is 3.